The molecule has 1 amide bonds. The Balaban J connectivity index is 2.22. The standard InChI is InChI=1S/C13H18N3O2P/c1-3-19-9-10-4-5-11(8-12(10)15-19)16(2)13(17)6-7-18-14/h4-5,8-9H,3,6-7,14H2,1-2H3/p+1. The molecule has 6 heteroatoms. The summed E-state index contributed by atoms with van der Waals surface area (Å²) in [5, 5.41) is 1.22. The molecule has 0 saturated heterocycles. The first kappa shape index (κ1) is 14.0. The van der Waals surface area contributed by atoms with E-state index < -0.39 is 0 Å². The van der Waals surface area contributed by atoms with Crippen molar-refractivity contribution in [1.29, 1.82) is 0 Å². The van der Waals surface area contributed by atoms with Crippen LogP contribution in [0.5, 0.6) is 0 Å². The van der Waals surface area contributed by atoms with Crippen LogP contribution in [-0.4, -0.2) is 19.6 Å². The molecule has 1 unspecified atom stereocenters. The van der Waals surface area contributed by atoms with Crippen LogP contribution in [0.25, 0.3) is 10.9 Å². The lowest BCUT2D eigenvalue weighted by atomic mass is 10.2. The molecular weight excluding hydrogens is 261 g/mol. The number of benzene rings is 1. The van der Waals surface area contributed by atoms with E-state index in [1.54, 1.807) is 11.9 Å². The SMILES string of the molecule is CCp1cc2ccc(N(C)C(=O)CCON)cc2[nH+]1. The Kier molecular flexibility index (Phi) is 4.53. The number of nitrogens with two attached hydrogens (primary N) is 1. The predicted octanol–water partition coefficient (Wildman–Crippen LogP) is 1.90. The topological polar surface area (TPSA) is 69.7 Å². The van der Waals surface area contributed by atoms with E-state index in [1.165, 1.54) is 5.39 Å². The van der Waals surface area contributed by atoms with Crippen molar-refractivity contribution < 1.29 is 14.4 Å². The minimum absolute atomic E-state index is 0.00914. The number of nitrogens with zero attached hydrogens (tertiary/aromatic N) is 1. The first-order valence-corrected chi connectivity index (χ1v) is 7.85. The Morgan fingerprint density at radius 3 is 3.00 bits per heavy atom. The zero-order valence-corrected chi connectivity index (χ0v) is 12.1. The number of aromatic nitrogens is 1. The number of carbonyl (C=O) groups is 1. The van der Waals surface area contributed by atoms with E-state index in [4.69, 9.17) is 5.90 Å². The maximum absolute atomic E-state index is 11.9. The summed E-state index contributed by atoms with van der Waals surface area (Å²) in [4.78, 5) is 18.0. The van der Waals surface area contributed by atoms with Gasteiger partial charge in [-0.05, 0) is 12.1 Å². The molecule has 0 aliphatic rings. The smallest absolute Gasteiger partial charge is 0.229 e. The lowest BCUT2D eigenvalue weighted by molar-refractivity contribution is -0.256. The lowest BCUT2D eigenvalue weighted by Crippen LogP contribution is -2.27. The van der Waals surface area contributed by atoms with E-state index >= 15 is 0 Å². The number of aromatic amines is 1. The molecule has 3 N–H and O–H groups in total. The maximum Gasteiger partial charge on any atom is 0.229 e. The fraction of sp³-hybridized carbons (Fsp3) is 0.385. The summed E-state index contributed by atoms with van der Waals surface area (Å²) < 4.78 is 3.49. The van der Waals surface area contributed by atoms with E-state index in [2.05, 4.69) is 28.4 Å². The highest BCUT2D eigenvalue weighted by atomic mass is 31.1. The van der Waals surface area contributed by atoms with Gasteiger partial charge in [-0.2, -0.15) is 0 Å². The number of rotatable bonds is 5. The molecule has 1 aromatic heterocycles. The second-order valence-electron chi connectivity index (χ2n) is 4.37. The second-order valence-corrected chi connectivity index (χ2v) is 6.43. The monoisotopic (exact) mass is 280 g/mol. The van der Waals surface area contributed by atoms with Gasteiger partial charge < -0.3 is 9.74 Å². The number of nitrogens with one attached hydrogen (secondary N) is 1. The lowest BCUT2D eigenvalue weighted by Gasteiger charge is -2.16. The average Bonchev–Trinajstić information content (AvgIpc) is 2.85. The van der Waals surface area contributed by atoms with Crippen molar-refractivity contribution in [2.45, 2.75) is 19.5 Å². The van der Waals surface area contributed by atoms with Crippen LogP contribution in [0.2, 0.25) is 0 Å². The number of hydrogen-bond acceptors (Lipinski definition) is 3. The number of H-pyrrole nitrogens is 1. The predicted molar refractivity (Wildman–Crippen MR) is 77.1 cm³/mol. The summed E-state index contributed by atoms with van der Waals surface area (Å²) in [6, 6.07) is 6.04. The van der Waals surface area contributed by atoms with Crippen molar-refractivity contribution in [3.05, 3.63) is 24.0 Å². The zero-order chi connectivity index (χ0) is 13.8. The van der Waals surface area contributed by atoms with Crippen LogP contribution in [0, 0.1) is 0 Å². The van der Waals surface area contributed by atoms with Gasteiger partial charge in [-0.15, -0.1) is 0 Å². The van der Waals surface area contributed by atoms with Crippen molar-refractivity contribution in [3.8, 4) is 0 Å². The van der Waals surface area contributed by atoms with E-state index in [0.717, 1.165) is 17.4 Å². The number of anilines is 1. The third kappa shape index (κ3) is 3.13. The Morgan fingerprint density at radius 1 is 1.53 bits per heavy atom. The maximum atomic E-state index is 11.9. The van der Waals surface area contributed by atoms with E-state index in [-0.39, 0.29) is 26.6 Å². The molecule has 1 atom stereocenters. The summed E-state index contributed by atoms with van der Waals surface area (Å²) in [7, 11) is 1.52. The minimum atomic E-state index is -0.241. The Morgan fingerprint density at radius 2 is 2.32 bits per heavy atom. The van der Waals surface area contributed by atoms with Gasteiger partial charge in [0.05, 0.1) is 18.4 Å². The summed E-state index contributed by atoms with van der Waals surface area (Å²) in [5.41, 5.74) is 2.00. The summed E-state index contributed by atoms with van der Waals surface area (Å²) in [6.07, 6.45) is 1.40. The fourth-order valence-corrected chi connectivity index (χ4v) is 3.41. The van der Waals surface area contributed by atoms with Gasteiger partial charge in [-0.3, -0.25) is 4.79 Å². The molecule has 5 nitrogen and oxygen atoms in total. The molecule has 0 aliphatic heterocycles. The van der Waals surface area contributed by atoms with Crippen molar-refractivity contribution in [2.24, 2.45) is 5.90 Å². The largest absolute Gasteiger partial charge is 0.315 e. The van der Waals surface area contributed by atoms with Gasteiger partial charge in [-0.25, -0.2) is 10.6 Å². The first-order chi connectivity index (χ1) is 9.15. The van der Waals surface area contributed by atoms with Gasteiger partial charge >= 0.3 is 0 Å². The van der Waals surface area contributed by atoms with Crippen LogP contribution in [0.3, 0.4) is 0 Å². The molecule has 1 aromatic carbocycles. The Hall–Kier alpha value is -1.42. The van der Waals surface area contributed by atoms with Gasteiger partial charge in [0.25, 0.3) is 0 Å². The molecule has 0 radical (unpaired) electrons. The van der Waals surface area contributed by atoms with Crippen LogP contribution < -0.4 is 15.5 Å². The number of aryl methyl sites for hydroxylation is 1. The van der Waals surface area contributed by atoms with Crippen molar-refractivity contribution in [3.63, 3.8) is 0 Å². The highest BCUT2D eigenvalue weighted by molar-refractivity contribution is 7.41. The van der Waals surface area contributed by atoms with E-state index in [9.17, 15) is 4.79 Å². The number of fused-ring (bicyclic) bond motifs is 1. The molecule has 102 valence electrons. The highest BCUT2D eigenvalue weighted by Crippen LogP contribution is 2.28. The summed E-state index contributed by atoms with van der Waals surface area (Å²) in [6.45, 7) is 2.41. The molecule has 0 fully saturated rings. The van der Waals surface area contributed by atoms with Gasteiger partial charge in [0, 0.05) is 30.8 Å². The molecule has 0 spiro atoms. The molecule has 0 bridgehead atoms. The summed E-state index contributed by atoms with van der Waals surface area (Å²) >= 11 is 0. The minimum Gasteiger partial charge on any atom is -0.315 e. The first-order valence-electron chi connectivity index (χ1n) is 6.26. The Bertz CT molecular complexity index is 582. The van der Waals surface area contributed by atoms with Crippen LogP contribution in [-0.2, 0) is 15.8 Å². The van der Waals surface area contributed by atoms with Crippen LogP contribution in [0.1, 0.15) is 13.3 Å². The molecule has 1 heterocycles. The quantitative estimate of drug-likeness (QED) is 0.850. The van der Waals surface area contributed by atoms with Gasteiger partial charge in [0.1, 0.15) is 7.69 Å². The number of amides is 1. The molecule has 0 aliphatic carbocycles. The Labute approximate surface area is 113 Å². The van der Waals surface area contributed by atoms with E-state index in [0.29, 0.717) is 0 Å². The van der Waals surface area contributed by atoms with Crippen molar-refractivity contribution in [2.75, 3.05) is 18.6 Å². The van der Waals surface area contributed by atoms with Gasteiger partial charge in [-0.1, -0.05) is 6.92 Å². The third-order valence-electron chi connectivity index (χ3n) is 3.13. The molecule has 2 aromatic rings. The molecule has 19 heavy (non-hydrogen) atoms. The third-order valence-corrected chi connectivity index (χ3v) is 4.93. The normalized spacial score (nSPS) is 11.8. The average molecular weight is 280 g/mol. The van der Waals surface area contributed by atoms with Crippen LogP contribution >= 0.6 is 7.69 Å². The van der Waals surface area contributed by atoms with E-state index in [1.807, 2.05) is 12.1 Å². The van der Waals surface area contributed by atoms with Gasteiger partial charge in [0.15, 0.2) is 0 Å². The second kappa shape index (κ2) is 6.15. The number of carbonyl (C=O) groups excluding carboxylic acids is 1. The van der Waals surface area contributed by atoms with Crippen LogP contribution in [0.4, 0.5) is 5.69 Å². The summed E-state index contributed by atoms with van der Waals surface area (Å²) in [5.74, 6) is 7.20. The fourth-order valence-electron chi connectivity index (χ4n) is 1.95. The zero-order valence-electron chi connectivity index (χ0n) is 11.2. The van der Waals surface area contributed by atoms with Crippen LogP contribution in [0.15, 0.2) is 24.0 Å². The molecule has 2 rings (SSSR count). The van der Waals surface area contributed by atoms with Gasteiger partial charge in [0.2, 0.25) is 11.4 Å². The van der Waals surface area contributed by atoms with Crippen molar-refractivity contribution in [1.82, 2.24) is 0 Å². The highest BCUT2D eigenvalue weighted by Gasteiger charge is 2.14. The number of hydrogen-bond donors (Lipinski definition) is 1. The van der Waals surface area contributed by atoms with Crippen molar-refractivity contribution >= 4 is 30.2 Å². The molecule has 0 saturated carbocycles. The molecular formula is C13H19N3O2P+.